The van der Waals surface area contributed by atoms with Crippen molar-refractivity contribution in [3.05, 3.63) is 41.6 Å². The van der Waals surface area contributed by atoms with E-state index >= 15 is 0 Å². The van der Waals surface area contributed by atoms with E-state index in [4.69, 9.17) is 0 Å². The molecule has 0 aromatic heterocycles. The van der Waals surface area contributed by atoms with Crippen molar-refractivity contribution < 1.29 is 14.7 Å². The molecule has 25 heavy (non-hydrogen) atoms. The van der Waals surface area contributed by atoms with Crippen molar-refractivity contribution in [2.45, 2.75) is 52.6 Å². The first kappa shape index (κ1) is 19.2. The molecule has 2 unspecified atom stereocenters. The fraction of sp³-hybridized carbons (Fsp3) is 0.500. The van der Waals surface area contributed by atoms with Gasteiger partial charge in [-0.1, -0.05) is 45.0 Å². The zero-order chi connectivity index (χ0) is 18.6. The van der Waals surface area contributed by atoms with Crippen LogP contribution in [0, 0.1) is 5.41 Å². The van der Waals surface area contributed by atoms with Gasteiger partial charge in [-0.15, -0.1) is 0 Å². The van der Waals surface area contributed by atoms with Crippen LogP contribution in [0.2, 0.25) is 0 Å². The average Bonchev–Trinajstić information content (AvgIpc) is 2.52. The lowest BCUT2D eigenvalue weighted by Gasteiger charge is -2.33. The summed E-state index contributed by atoms with van der Waals surface area (Å²) in [5, 5.41) is 12.5. The van der Waals surface area contributed by atoms with Crippen molar-refractivity contribution in [3.8, 4) is 0 Å². The van der Waals surface area contributed by atoms with Gasteiger partial charge in [0, 0.05) is 13.1 Å². The van der Waals surface area contributed by atoms with E-state index in [9.17, 15) is 14.7 Å². The largest absolute Gasteiger partial charge is 0.394 e. The van der Waals surface area contributed by atoms with Gasteiger partial charge < -0.3 is 15.3 Å². The molecule has 0 bridgehead atoms. The van der Waals surface area contributed by atoms with Crippen LogP contribution >= 0.6 is 0 Å². The average molecular weight is 344 g/mol. The number of benzene rings is 1. The standard InChI is InChI=1S/C20H28N2O3/c1-14(24)22-10-9-15-7-5-6-8-17(15)18(22)11-19(25)21-16(13-23)12-20(2,3)4/h5-10,16,18,23H,11-13H2,1-4H3,(H,21,25). The van der Waals surface area contributed by atoms with E-state index in [-0.39, 0.29) is 42.3 Å². The molecule has 0 saturated carbocycles. The van der Waals surface area contributed by atoms with E-state index in [0.29, 0.717) is 6.42 Å². The minimum Gasteiger partial charge on any atom is -0.394 e. The number of hydrogen-bond acceptors (Lipinski definition) is 3. The van der Waals surface area contributed by atoms with E-state index < -0.39 is 0 Å². The summed E-state index contributed by atoms with van der Waals surface area (Å²) in [5.41, 5.74) is 1.99. The summed E-state index contributed by atoms with van der Waals surface area (Å²) in [5.74, 6) is -0.262. The zero-order valence-electron chi connectivity index (χ0n) is 15.5. The van der Waals surface area contributed by atoms with Crippen molar-refractivity contribution in [3.63, 3.8) is 0 Å². The highest BCUT2D eigenvalue weighted by molar-refractivity contribution is 5.82. The van der Waals surface area contributed by atoms with E-state index in [1.165, 1.54) is 6.92 Å². The number of carbonyl (C=O) groups is 2. The summed E-state index contributed by atoms with van der Waals surface area (Å²) >= 11 is 0. The number of aliphatic hydroxyl groups is 1. The molecule has 0 saturated heterocycles. The lowest BCUT2D eigenvalue weighted by atomic mass is 9.88. The molecule has 2 amide bonds. The Balaban J connectivity index is 2.14. The monoisotopic (exact) mass is 344 g/mol. The molecule has 0 aliphatic carbocycles. The van der Waals surface area contributed by atoms with Crippen molar-refractivity contribution in [1.29, 1.82) is 0 Å². The summed E-state index contributed by atoms with van der Waals surface area (Å²) in [6.07, 6.45) is 4.48. The van der Waals surface area contributed by atoms with Crippen LogP contribution in [0.25, 0.3) is 6.08 Å². The van der Waals surface area contributed by atoms with Crippen molar-refractivity contribution >= 4 is 17.9 Å². The molecule has 2 N–H and O–H groups in total. The second-order valence-corrected chi connectivity index (χ2v) is 7.80. The van der Waals surface area contributed by atoms with Gasteiger partial charge in [-0.05, 0) is 29.0 Å². The first-order valence-electron chi connectivity index (χ1n) is 8.67. The quantitative estimate of drug-likeness (QED) is 0.863. The lowest BCUT2D eigenvalue weighted by Crippen LogP contribution is -2.42. The summed E-state index contributed by atoms with van der Waals surface area (Å²) in [7, 11) is 0. The molecular weight excluding hydrogens is 316 g/mol. The Hall–Kier alpha value is -2.14. The van der Waals surface area contributed by atoms with Gasteiger partial charge in [-0.3, -0.25) is 9.59 Å². The van der Waals surface area contributed by atoms with Gasteiger partial charge >= 0.3 is 0 Å². The molecular formula is C20H28N2O3. The Kier molecular flexibility index (Phi) is 6.01. The van der Waals surface area contributed by atoms with Gasteiger partial charge in [0.1, 0.15) is 0 Å². The summed E-state index contributed by atoms with van der Waals surface area (Å²) in [6, 6.07) is 7.17. The van der Waals surface area contributed by atoms with Crippen molar-refractivity contribution in [2.75, 3.05) is 6.61 Å². The number of nitrogens with one attached hydrogen (secondary N) is 1. The van der Waals surface area contributed by atoms with Crippen LogP contribution in [-0.4, -0.2) is 34.5 Å². The smallest absolute Gasteiger partial charge is 0.223 e. The van der Waals surface area contributed by atoms with Crippen LogP contribution in [-0.2, 0) is 9.59 Å². The number of aliphatic hydroxyl groups excluding tert-OH is 1. The molecule has 1 aliphatic heterocycles. The summed E-state index contributed by atoms with van der Waals surface area (Å²) in [6.45, 7) is 7.62. The third-order valence-corrected chi connectivity index (χ3v) is 4.29. The van der Waals surface area contributed by atoms with E-state index in [2.05, 4.69) is 26.1 Å². The Morgan fingerprint density at radius 1 is 1.28 bits per heavy atom. The minimum atomic E-state index is -0.326. The Labute approximate surface area is 149 Å². The van der Waals surface area contributed by atoms with Crippen molar-refractivity contribution in [2.24, 2.45) is 5.41 Å². The predicted molar refractivity (Wildman–Crippen MR) is 98.4 cm³/mol. The molecule has 1 aliphatic rings. The van der Waals surface area contributed by atoms with Crippen LogP contribution < -0.4 is 5.32 Å². The summed E-state index contributed by atoms with van der Waals surface area (Å²) in [4.78, 5) is 26.1. The minimum absolute atomic E-state index is 0.00622. The molecule has 2 rings (SSSR count). The molecule has 5 heteroatoms. The van der Waals surface area contributed by atoms with E-state index in [1.54, 1.807) is 11.1 Å². The molecule has 0 fully saturated rings. The third-order valence-electron chi connectivity index (χ3n) is 4.29. The Bertz CT molecular complexity index is 661. The molecule has 136 valence electrons. The Morgan fingerprint density at radius 2 is 1.96 bits per heavy atom. The van der Waals surface area contributed by atoms with Gasteiger partial charge in [0.15, 0.2) is 0 Å². The first-order valence-corrected chi connectivity index (χ1v) is 8.67. The first-order chi connectivity index (χ1) is 11.7. The fourth-order valence-corrected chi connectivity index (χ4v) is 3.28. The van der Waals surface area contributed by atoms with Crippen LogP contribution in [0.4, 0.5) is 0 Å². The van der Waals surface area contributed by atoms with E-state index in [1.807, 2.05) is 30.3 Å². The lowest BCUT2D eigenvalue weighted by molar-refractivity contribution is -0.130. The molecule has 1 heterocycles. The number of nitrogens with zero attached hydrogens (tertiary/aromatic N) is 1. The fourth-order valence-electron chi connectivity index (χ4n) is 3.28. The maximum absolute atomic E-state index is 12.6. The zero-order valence-corrected chi connectivity index (χ0v) is 15.5. The maximum atomic E-state index is 12.6. The molecule has 0 radical (unpaired) electrons. The third kappa shape index (κ3) is 5.16. The van der Waals surface area contributed by atoms with Gasteiger partial charge in [-0.2, -0.15) is 0 Å². The van der Waals surface area contributed by atoms with Crippen LogP contribution in [0.5, 0.6) is 0 Å². The van der Waals surface area contributed by atoms with Crippen LogP contribution in [0.15, 0.2) is 30.5 Å². The number of carbonyl (C=O) groups excluding carboxylic acids is 2. The SMILES string of the molecule is CC(=O)N1C=Cc2ccccc2C1CC(=O)NC(CO)CC(C)(C)C. The normalized spacial score (nSPS) is 17.8. The molecule has 1 aromatic rings. The Morgan fingerprint density at radius 3 is 2.56 bits per heavy atom. The number of amides is 2. The summed E-state index contributed by atoms with van der Waals surface area (Å²) < 4.78 is 0. The van der Waals surface area contributed by atoms with Crippen LogP contribution in [0.1, 0.15) is 57.7 Å². The van der Waals surface area contributed by atoms with Crippen LogP contribution in [0.3, 0.4) is 0 Å². The molecule has 5 nitrogen and oxygen atoms in total. The number of rotatable bonds is 5. The molecule has 0 spiro atoms. The number of hydrogen-bond donors (Lipinski definition) is 2. The highest BCUT2D eigenvalue weighted by Gasteiger charge is 2.29. The van der Waals surface area contributed by atoms with Gasteiger partial charge in [-0.25, -0.2) is 0 Å². The predicted octanol–water partition coefficient (Wildman–Crippen LogP) is 2.86. The van der Waals surface area contributed by atoms with Crippen molar-refractivity contribution in [1.82, 2.24) is 10.2 Å². The highest BCUT2D eigenvalue weighted by atomic mass is 16.3. The second-order valence-electron chi connectivity index (χ2n) is 7.80. The molecule has 2 atom stereocenters. The topological polar surface area (TPSA) is 69.6 Å². The maximum Gasteiger partial charge on any atom is 0.223 e. The number of fused-ring (bicyclic) bond motifs is 1. The van der Waals surface area contributed by atoms with Gasteiger partial charge in [0.25, 0.3) is 0 Å². The van der Waals surface area contributed by atoms with E-state index in [0.717, 1.165) is 11.1 Å². The van der Waals surface area contributed by atoms with Gasteiger partial charge in [0.05, 0.1) is 25.1 Å². The van der Waals surface area contributed by atoms with Gasteiger partial charge in [0.2, 0.25) is 11.8 Å². The molecule has 1 aromatic carbocycles. The second kappa shape index (κ2) is 7.83. The highest BCUT2D eigenvalue weighted by Crippen LogP contribution is 2.32.